The van der Waals surface area contributed by atoms with Crippen LogP contribution in [-0.2, 0) is 14.3 Å². The van der Waals surface area contributed by atoms with Crippen LogP contribution in [0.5, 0.6) is 0 Å². The SMILES string of the molecule is COC1CC([C@@H](CC(=O)O)NC(=O)OC(C)(C)C)C1. The van der Waals surface area contributed by atoms with Crippen LogP contribution in [0.15, 0.2) is 0 Å². The van der Waals surface area contributed by atoms with E-state index in [1.807, 2.05) is 0 Å². The second kappa shape index (κ2) is 6.23. The summed E-state index contributed by atoms with van der Waals surface area (Å²) in [7, 11) is 1.63. The number of methoxy groups -OCH3 is 1. The Kier molecular flexibility index (Phi) is 5.17. The van der Waals surface area contributed by atoms with Gasteiger partial charge in [-0.3, -0.25) is 4.79 Å². The van der Waals surface area contributed by atoms with E-state index in [1.165, 1.54) is 0 Å². The molecule has 1 amide bonds. The highest BCUT2D eigenvalue weighted by atomic mass is 16.6. The molecule has 0 saturated heterocycles. The van der Waals surface area contributed by atoms with Gasteiger partial charge in [-0.25, -0.2) is 4.79 Å². The first kappa shape index (κ1) is 15.8. The van der Waals surface area contributed by atoms with Crippen molar-refractivity contribution in [2.24, 2.45) is 5.92 Å². The first-order valence-electron chi connectivity index (χ1n) is 6.45. The topological polar surface area (TPSA) is 84.9 Å². The van der Waals surface area contributed by atoms with Gasteiger partial charge in [0.25, 0.3) is 0 Å². The molecule has 1 atom stereocenters. The molecule has 0 aliphatic heterocycles. The molecule has 0 aromatic rings. The lowest BCUT2D eigenvalue weighted by atomic mass is 9.76. The molecule has 1 rings (SSSR count). The van der Waals surface area contributed by atoms with Crippen LogP contribution in [0.1, 0.15) is 40.0 Å². The minimum absolute atomic E-state index is 0.0969. The van der Waals surface area contributed by atoms with Gasteiger partial charge in [0.1, 0.15) is 5.60 Å². The Labute approximate surface area is 113 Å². The normalized spacial score (nSPS) is 24.2. The van der Waals surface area contributed by atoms with Crippen LogP contribution in [0.4, 0.5) is 4.79 Å². The first-order valence-corrected chi connectivity index (χ1v) is 6.45. The number of amides is 1. The van der Waals surface area contributed by atoms with Gasteiger partial charge in [-0.2, -0.15) is 0 Å². The molecule has 110 valence electrons. The van der Waals surface area contributed by atoms with E-state index in [2.05, 4.69) is 5.32 Å². The fourth-order valence-electron chi connectivity index (χ4n) is 2.11. The van der Waals surface area contributed by atoms with Gasteiger partial charge in [-0.1, -0.05) is 0 Å². The summed E-state index contributed by atoms with van der Waals surface area (Å²) in [4.78, 5) is 22.5. The zero-order valence-electron chi connectivity index (χ0n) is 11.9. The lowest BCUT2D eigenvalue weighted by Gasteiger charge is -2.39. The third-order valence-corrected chi connectivity index (χ3v) is 3.13. The number of hydrogen-bond acceptors (Lipinski definition) is 4. The molecule has 1 fully saturated rings. The van der Waals surface area contributed by atoms with Crippen LogP contribution in [0, 0.1) is 5.92 Å². The molecule has 2 N–H and O–H groups in total. The molecule has 19 heavy (non-hydrogen) atoms. The number of aliphatic carboxylic acids is 1. The Bertz CT molecular complexity index is 330. The van der Waals surface area contributed by atoms with Crippen molar-refractivity contribution in [1.82, 2.24) is 5.32 Å². The predicted molar refractivity (Wildman–Crippen MR) is 68.9 cm³/mol. The predicted octanol–water partition coefficient (Wildman–Crippen LogP) is 1.78. The van der Waals surface area contributed by atoms with Crippen molar-refractivity contribution in [2.45, 2.75) is 57.8 Å². The monoisotopic (exact) mass is 273 g/mol. The minimum Gasteiger partial charge on any atom is -0.481 e. The number of carbonyl (C=O) groups excluding carboxylic acids is 1. The fraction of sp³-hybridized carbons (Fsp3) is 0.846. The van der Waals surface area contributed by atoms with Crippen LogP contribution >= 0.6 is 0 Å². The van der Waals surface area contributed by atoms with Crippen LogP contribution in [0.3, 0.4) is 0 Å². The summed E-state index contributed by atoms with van der Waals surface area (Å²) in [6.07, 6.45) is 1.04. The Morgan fingerprint density at radius 2 is 1.95 bits per heavy atom. The van der Waals surface area contributed by atoms with Crippen molar-refractivity contribution in [3.05, 3.63) is 0 Å². The second-order valence-electron chi connectivity index (χ2n) is 5.94. The van der Waals surface area contributed by atoms with Gasteiger partial charge >= 0.3 is 12.1 Å². The zero-order valence-corrected chi connectivity index (χ0v) is 11.9. The van der Waals surface area contributed by atoms with E-state index in [9.17, 15) is 9.59 Å². The standard InChI is InChI=1S/C13H23NO5/c1-13(2,3)19-12(17)14-10(7-11(15)16)8-5-9(6-8)18-4/h8-10H,5-7H2,1-4H3,(H,14,17)(H,15,16)/t8?,9?,10-/m1/s1. The number of carboxylic acids is 1. The van der Waals surface area contributed by atoms with Crippen LogP contribution in [-0.4, -0.2) is 42.0 Å². The molecule has 0 radical (unpaired) electrons. The van der Waals surface area contributed by atoms with Crippen molar-refractivity contribution < 1.29 is 24.2 Å². The van der Waals surface area contributed by atoms with Gasteiger partial charge in [-0.05, 0) is 39.5 Å². The largest absolute Gasteiger partial charge is 0.481 e. The van der Waals surface area contributed by atoms with Gasteiger partial charge in [-0.15, -0.1) is 0 Å². The van der Waals surface area contributed by atoms with Crippen molar-refractivity contribution in [3.63, 3.8) is 0 Å². The number of nitrogens with one attached hydrogen (secondary N) is 1. The molecule has 1 aliphatic rings. The van der Waals surface area contributed by atoms with Gasteiger partial charge in [0, 0.05) is 13.2 Å². The highest BCUT2D eigenvalue weighted by Crippen LogP contribution is 2.33. The Morgan fingerprint density at radius 1 is 1.37 bits per heavy atom. The van der Waals surface area contributed by atoms with Crippen LogP contribution < -0.4 is 5.32 Å². The zero-order chi connectivity index (χ0) is 14.6. The number of carbonyl (C=O) groups is 2. The molecule has 6 nitrogen and oxygen atoms in total. The molecule has 6 heteroatoms. The van der Waals surface area contributed by atoms with Crippen molar-refractivity contribution in [1.29, 1.82) is 0 Å². The molecule has 0 bridgehead atoms. The minimum atomic E-state index is -0.929. The number of alkyl carbamates (subject to hydrolysis) is 1. The fourth-order valence-corrected chi connectivity index (χ4v) is 2.11. The van der Waals surface area contributed by atoms with E-state index in [1.54, 1.807) is 27.9 Å². The average molecular weight is 273 g/mol. The number of rotatable bonds is 5. The number of carboxylic acid groups (broad SMARTS) is 1. The van der Waals surface area contributed by atoms with E-state index < -0.39 is 23.7 Å². The summed E-state index contributed by atoms with van der Waals surface area (Å²) in [5.74, 6) is -0.796. The second-order valence-corrected chi connectivity index (χ2v) is 5.94. The van der Waals surface area contributed by atoms with E-state index in [0.29, 0.717) is 0 Å². The summed E-state index contributed by atoms with van der Waals surface area (Å²) in [6, 6.07) is -0.404. The van der Waals surface area contributed by atoms with E-state index >= 15 is 0 Å². The lowest BCUT2D eigenvalue weighted by molar-refractivity contribution is -0.138. The van der Waals surface area contributed by atoms with Gasteiger partial charge in [0.2, 0.25) is 0 Å². The van der Waals surface area contributed by atoms with Gasteiger partial charge < -0.3 is 19.9 Å². The Morgan fingerprint density at radius 3 is 2.37 bits per heavy atom. The third-order valence-electron chi connectivity index (χ3n) is 3.13. The van der Waals surface area contributed by atoms with Crippen molar-refractivity contribution in [2.75, 3.05) is 7.11 Å². The molecule has 0 heterocycles. The third kappa shape index (κ3) is 5.46. The molecule has 0 aromatic heterocycles. The summed E-state index contributed by atoms with van der Waals surface area (Å²) in [6.45, 7) is 5.30. The molecular weight excluding hydrogens is 250 g/mol. The van der Waals surface area contributed by atoms with E-state index in [0.717, 1.165) is 12.8 Å². The maximum absolute atomic E-state index is 11.7. The van der Waals surface area contributed by atoms with E-state index in [4.69, 9.17) is 14.6 Å². The van der Waals surface area contributed by atoms with Gasteiger partial charge in [0.15, 0.2) is 0 Å². The molecule has 0 unspecified atom stereocenters. The Balaban J connectivity index is 2.51. The van der Waals surface area contributed by atoms with Crippen molar-refractivity contribution in [3.8, 4) is 0 Å². The highest BCUT2D eigenvalue weighted by Gasteiger charge is 2.37. The summed E-state index contributed by atoms with van der Waals surface area (Å²) >= 11 is 0. The van der Waals surface area contributed by atoms with Crippen LogP contribution in [0.2, 0.25) is 0 Å². The maximum atomic E-state index is 11.7. The molecule has 1 aliphatic carbocycles. The molecular formula is C13H23NO5. The lowest BCUT2D eigenvalue weighted by Crippen LogP contribution is -2.49. The highest BCUT2D eigenvalue weighted by molar-refractivity contribution is 5.71. The summed E-state index contributed by atoms with van der Waals surface area (Å²) in [5.41, 5.74) is -0.591. The Hall–Kier alpha value is -1.30. The van der Waals surface area contributed by atoms with Gasteiger partial charge in [0.05, 0.1) is 12.5 Å². The first-order chi connectivity index (χ1) is 8.71. The number of hydrogen-bond donors (Lipinski definition) is 2. The molecule has 0 aromatic carbocycles. The smallest absolute Gasteiger partial charge is 0.407 e. The summed E-state index contributed by atoms with van der Waals surface area (Å²) in [5, 5.41) is 11.6. The summed E-state index contributed by atoms with van der Waals surface area (Å²) < 4.78 is 10.3. The quantitative estimate of drug-likeness (QED) is 0.797. The van der Waals surface area contributed by atoms with Crippen LogP contribution in [0.25, 0.3) is 0 Å². The molecule has 0 spiro atoms. The van der Waals surface area contributed by atoms with Crippen molar-refractivity contribution >= 4 is 12.1 Å². The van der Waals surface area contributed by atoms with E-state index in [-0.39, 0.29) is 18.4 Å². The number of ether oxygens (including phenoxy) is 2. The maximum Gasteiger partial charge on any atom is 0.407 e. The average Bonchev–Trinajstić information content (AvgIpc) is 2.10. The molecule has 1 saturated carbocycles.